The molecule has 0 amide bonds. The first-order chi connectivity index (χ1) is 6.49. The van der Waals surface area contributed by atoms with E-state index in [4.69, 9.17) is 5.11 Å². The van der Waals surface area contributed by atoms with E-state index in [0.29, 0.717) is 6.42 Å². The van der Waals surface area contributed by atoms with E-state index in [1.165, 1.54) is 6.92 Å². The predicted molar refractivity (Wildman–Crippen MR) is 51.7 cm³/mol. The molecular formula is C9H17NO4. The molecule has 0 aromatic heterocycles. The van der Waals surface area contributed by atoms with Crippen molar-refractivity contribution in [3.63, 3.8) is 0 Å². The van der Waals surface area contributed by atoms with Crippen molar-refractivity contribution in [1.82, 2.24) is 0 Å². The van der Waals surface area contributed by atoms with Gasteiger partial charge < -0.3 is 5.11 Å². The van der Waals surface area contributed by atoms with E-state index in [0.717, 1.165) is 12.8 Å². The predicted octanol–water partition coefficient (Wildman–Crippen LogP) is 1.93. The Bertz CT molecular complexity index is 205. The molecule has 0 aliphatic rings. The molecule has 0 radical (unpaired) electrons. The van der Waals surface area contributed by atoms with Crippen LogP contribution in [-0.2, 0) is 4.79 Å². The van der Waals surface area contributed by atoms with E-state index in [-0.39, 0.29) is 6.42 Å². The van der Waals surface area contributed by atoms with Gasteiger partial charge in [-0.1, -0.05) is 19.8 Å². The van der Waals surface area contributed by atoms with Gasteiger partial charge in [0.05, 0.1) is 5.92 Å². The number of rotatable bonds is 7. The molecule has 2 atom stereocenters. The molecule has 5 nitrogen and oxygen atoms in total. The summed E-state index contributed by atoms with van der Waals surface area (Å²) in [5.74, 6) is -1.50. The van der Waals surface area contributed by atoms with Crippen molar-refractivity contribution >= 4 is 5.97 Å². The van der Waals surface area contributed by atoms with Crippen LogP contribution in [0.25, 0.3) is 0 Å². The standard InChI is InChI=1S/C9H17NO4/c1-3-4-5-8(9(11)12)6-7(2)10(13)14/h7-8H,3-6H2,1-2H3,(H,11,12). The highest BCUT2D eigenvalue weighted by Gasteiger charge is 2.24. The highest BCUT2D eigenvalue weighted by Crippen LogP contribution is 2.16. The Morgan fingerprint density at radius 3 is 2.50 bits per heavy atom. The third-order valence-corrected chi connectivity index (χ3v) is 2.24. The monoisotopic (exact) mass is 203 g/mol. The fourth-order valence-corrected chi connectivity index (χ4v) is 1.29. The third kappa shape index (κ3) is 4.79. The number of carboxylic acids is 1. The number of nitrogens with zero attached hydrogens (tertiary/aromatic N) is 1. The largest absolute Gasteiger partial charge is 0.481 e. The van der Waals surface area contributed by atoms with E-state index < -0.39 is 22.9 Å². The first-order valence-corrected chi connectivity index (χ1v) is 4.85. The number of hydrogen-bond acceptors (Lipinski definition) is 3. The summed E-state index contributed by atoms with van der Waals surface area (Å²) >= 11 is 0. The quantitative estimate of drug-likeness (QED) is 0.506. The Morgan fingerprint density at radius 1 is 1.57 bits per heavy atom. The first-order valence-electron chi connectivity index (χ1n) is 4.85. The molecule has 5 heteroatoms. The molecule has 0 aliphatic heterocycles. The van der Waals surface area contributed by atoms with E-state index in [1.807, 2.05) is 6.92 Å². The van der Waals surface area contributed by atoms with E-state index in [2.05, 4.69) is 0 Å². The second kappa shape index (κ2) is 6.34. The molecule has 82 valence electrons. The van der Waals surface area contributed by atoms with Crippen molar-refractivity contribution in [1.29, 1.82) is 0 Å². The van der Waals surface area contributed by atoms with Crippen molar-refractivity contribution in [2.75, 3.05) is 0 Å². The van der Waals surface area contributed by atoms with Crippen molar-refractivity contribution in [3.8, 4) is 0 Å². The molecule has 0 fully saturated rings. The minimum Gasteiger partial charge on any atom is -0.481 e. The van der Waals surface area contributed by atoms with Gasteiger partial charge in [-0.05, 0) is 6.42 Å². The molecule has 0 spiro atoms. The van der Waals surface area contributed by atoms with Crippen molar-refractivity contribution in [2.24, 2.45) is 5.92 Å². The summed E-state index contributed by atoms with van der Waals surface area (Å²) in [4.78, 5) is 20.7. The molecule has 0 bridgehead atoms. The zero-order valence-corrected chi connectivity index (χ0v) is 8.60. The SMILES string of the molecule is CCCCC(CC(C)[N+](=O)[O-])C(=O)O. The first kappa shape index (κ1) is 12.9. The normalized spacial score (nSPS) is 14.7. The minimum atomic E-state index is -0.924. The Hall–Kier alpha value is -1.13. The Balaban J connectivity index is 4.08. The lowest BCUT2D eigenvalue weighted by Gasteiger charge is -2.12. The van der Waals surface area contributed by atoms with Crippen LogP contribution in [0.2, 0.25) is 0 Å². The summed E-state index contributed by atoms with van der Waals surface area (Å²) < 4.78 is 0. The average Bonchev–Trinajstić information content (AvgIpc) is 2.10. The highest BCUT2D eigenvalue weighted by molar-refractivity contribution is 5.69. The average molecular weight is 203 g/mol. The van der Waals surface area contributed by atoms with Crippen molar-refractivity contribution in [2.45, 2.75) is 45.6 Å². The molecule has 0 aromatic rings. The summed E-state index contributed by atoms with van der Waals surface area (Å²) in [5.41, 5.74) is 0. The molecule has 0 aromatic carbocycles. The minimum absolute atomic E-state index is 0.127. The van der Waals surface area contributed by atoms with E-state index in [9.17, 15) is 14.9 Å². The third-order valence-electron chi connectivity index (χ3n) is 2.24. The maximum absolute atomic E-state index is 10.7. The molecule has 0 saturated carbocycles. The van der Waals surface area contributed by atoms with Gasteiger partial charge in [0.25, 0.3) is 0 Å². The molecule has 1 N–H and O–H groups in total. The van der Waals surface area contributed by atoms with Gasteiger partial charge in [-0.3, -0.25) is 14.9 Å². The number of carboxylic acid groups (broad SMARTS) is 1. The lowest BCUT2D eigenvalue weighted by Crippen LogP contribution is -2.24. The van der Waals surface area contributed by atoms with Gasteiger partial charge in [0.15, 0.2) is 0 Å². The maximum atomic E-state index is 10.7. The van der Waals surface area contributed by atoms with Crippen LogP contribution < -0.4 is 0 Å². The van der Waals surface area contributed by atoms with Crippen LogP contribution in [0.15, 0.2) is 0 Å². The highest BCUT2D eigenvalue weighted by atomic mass is 16.6. The van der Waals surface area contributed by atoms with E-state index >= 15 is 0 Å². The molecule has 14 heavy (non-hydrogen) atoms. The van der Waals surface area contributed by atoms with Gasteiger partial charge in [-0.15, -0.1) is 0 Å². The lowest BCUT2D eigenvalue weighted by molar-refractivity contribution is -0.519. The number of nitro groups is 1. The second-order valence-corrected chi connectivity index (χ2v) is 3.55. The Morgan fingerprint density at radius 2 is 2.14 bits per heavy atom. The molecule has 2 unspecified atom stereocenters. The fourth-order valence-electron chi connectivity index (χ4n) is 1.29. The molecular weight excluding hydrogens is 186 g/mol. The van der Waals surface area contributed by atoms with E-state index in [1.54, 1.807) is 0 Å². The van der Waals surface area contributed by atoms with Crippen LogP contribution in [0, 0.1) is 16.0 Å². The van der Waals surface area contributed by atoms with Crippen LogP contribution in [0.5, 0.6) is 0 Å². The Kier molecular flexibility index (Phi) is 5.83. The summed E-state index contributed by atoms with van der Waals surface area (Å²) in [6.45, 7) is 3.41. The van der Waals surface area contributed by atoms with Gasteiger partial charge >= 0.3 is 5.97 Å². The number of carbonyl (C=O) groups is 1. The van der Waals surface area contributed by atoms with Crippen molar-refractivity contribution in [3.05, 3.63) is 10.1 Å². The smallest absolute Gasteiger partial charge is 0.306 e. The van der Waals surface area contributed by atoms with Crippen LogP contribution in [0.4, 0.5) is 0 Å². The summed E-state index contributed by atoms with van der Waals surface area (Å²) in [7, 11) is 0. The number of unbranched alkanes of at least 4 members (excludes halogenated alkanes) is 1. The zero-order chi connectivity index (χ0) is 11.1. The molecule has 0 saturated heterocycles. The molecule has 0 heterocycles. The maximum Gasteiger partial charge on any atom is 0.306 e. The van der Waals surface area contributed by atoms with Crippen LogP contribution in [0.1, 0.15) is 39.5 Å². The van der Waals surface area contributed by atoms with Gasteiger partial charge in [-0.2, -0.15) is 0 Å². The van der Waals surface area contributed by atoms with Crippen LogP contribution >= 0.6 is 0 Å². The van der Waals surface area contributed by atoms with Crippen LogP contribution in [-0.4, -0.2) is 22.0 Å². The summed E-state index contributed by atoms with van der Waals surface area (Å²) in [6, 6.07) is -0.770. The van der Waals surface area contributed by atoms with Gasteiger partial charge in [0, 0.05) is 18.3 Å². The lowest BCUT2D eigenvalue weighted by atomic mass is 9.95. The van der Waals surface area contributed by atoms with Gasteiger partial charge in [-0.25, -0.2) is 0 Å². The summed E-state index contributed by atoms with van der Waals surface area (Å²) in [5, 5.41) is 19.2. The second-order valence-electron chi connectivity index (χ2n) is 3.55. The molecule has 0 aliphatic carbocycles. The number of hydrogen-bond donors (Lipinski definition) is 1. The van der Waals surface area contributed by atoms with Crippen LogP contribution in [0.3, 0.4) is 0 Å². The van der Waals surface area contributed by atoms with Gasteiger partial charge in [0.1, 0.15) is 0 Å². The Labute approximate surface area is 83.3 Å². The fraction of sp³-hybridized carbons (Fsp3) is 0.889. The van der Waals surface area contributed by atoms with Gasteiger partial charge in [0.2, 0.25) is 6.04 Å². The number of aliphatic carboxylic acids is 1. The molecule has 0 rings (SSSR count). The topological polar surface area (TPSA) is 80.4 Å². The summed E-state index contributed by atoms with van der Waals surface area (Å²) in [6.07, 6.45) is 2.38. The zero-order valence-electron chi connectivity index (χ0n) is 8.60. The van der Waals surface area contributed by atoms with Crippen molar-refractivity contribution < 1.29 is 14.8 Å².